The van der Waals surface area contributed by atoms with Crippen molar-refractivity contribution in [2.24, 2.45) is 4.99 Å². The van der Waals surface area contributed by atoms with E-state index in [9.17, 15) is 0 Å². The third-order valence-corrected chi connectivity index (χ3v) is 1.62. The number of nitrogens with one attached hydrogen (secondary N) is 2. The van der Waals surface area contributed by atoms with Gasteiger partial charge >= 0.3 is 0 Å². The number of hydrogen-bond acceptors (Lipinski definition) is 3. The van der Waals surface area contributed by atoms with E-state index in [0.717, 1.165) is 11.6 Å². The van der Waals surface area contributed by atoms with Gasteiger partial charge in [-0.25, -0.2) is 9.98 Å². The molecule has 0 saturated carbocycles. The van der Waals surface area contributed by atoms with Crippen LogP contribution in [0.3, 0.4) is 0 Å². The van der Waals surface area contributed by atoms with Gasteiger partial charge < -0.3 is 10.3 Å². The predicted octanol–water partition coefficient (Wildman–Crippen LogP) is 2.60. The standard InChI is InChI=1S/C10H16N4/c1-5-6-8-9(11-4)14-10(13-8)12-7(2)3/h5-7H,4H2,1-3H3,(H2,12,13,14)/b6-5-. The van der Waals surface area contributed by atoms with Gasteiger partial charge in [0.25, 0.3) is 0 Å². The largest absolute Gasteiger partial charge is 0.354 e. The minimum absolute atomic E-state index is 0.345. The van der Waals surface area contributed by atoms with Crippen LogP contribution in [0.5, 0.6) is 0 Å². The zero-order valence-electron chi connectivity index (χ0n) is 8.83. The Bertz CT molecular complexity index is 336. The van der Waals surface area contributed by atoms with Crippen LogP contribution in [-0.2, 0) is 0 Å². The lowest BCUT2D eigenvalue weighted by molar-refractivity contribution is 0.881. The summed E-state index contributed by atoms with van der Waals surface area (Å²) in [4.78, 5) is 11.2. The van der Waals surface area contributed by atoms with E-state index < -0.39 is 0 Å². The number of aromatic amines is 1. The molecule has 1 heterocycles. The highest BCUT2D eigenvalue weighted by Gasteiger charge is 2.06. The zero-order chi connectivity index (χ0) is 10.6. The average molecular weight is 192 g/mol. The van der Waals surface area contributed by atoms with E-state index in [2.05, 4.69) is 40.8 Å². The van der Waals surface area contributed by atoms with Gasteiger partial charge in [-0.1, -0.05) is 6.08 Å². The summed E-state index contributed by atoms with van der Waals surface area (Å²) in [5, 5.41) is 3.17. The Morgan fingerprint density at radius 1 is 1.57 bits per heavy atom. The topological polar surface area (TPSA) is 53.1 Å². The van der Waals surface area contributed by atoms with Crippen LogP contribution in [0.25, 0.3) is 6.08 Å². The number of rotatable bonds is 4. The molecule has 0 aliphatic heterocycles. The zero-order valence-corrected chi connectivity index (χ0v) is 8.83. The summed E-state index contributed by atoms with van der Waals surface area (Å²) in [5.41, 5.74) is 0.811. The van der Waals surface area contributed by atoms with Crippen molar-refractivity contribution < 1.29 is 0 Å². The molecule has 14 heavy (non-hydrogen) atoms. The van der Waals surface area contributed by atoms with Crippen molar-refractivity contribution in [1.29, 1.82) is 0 Å². The normalized spacial score (nSPS) is 11.1. The molecule has 4 nitrogen and oxygen atoms in total. The van der Waals surface area contributed by atoms with E-state index in [0.29, 0.717) is 11.9 Å². The van der Waals surface area contributed by atoms with E-state index in [1.165, 1.54) is 0 Å². The molecule has 1 aromatic heterocycles. The minimum atomic E-state index is 0.345. The van der Waals surface area contributed by atoms with Crippen LogP contribution in [0.15, 0.2) is 11.1 Å². The number of aliphatic imine (C=N–C) groups is 1. The molecule has 0 aliphatic carbocycles. The van der Waals surface area contributed by atoms with Gasteiger partial charge in [-0.15, -0.1) is 0 Å². The number of hydrogen-bond donors (Lipinski definition) is 2. The van der Waals surface area contributed by atoms with E-state index in [4.69, 9.17) is 0 Å². The van der Waals surface area contributed by atoms with Crippen LogP contribution in [0, 0.1) is 0 Å². The van der Waals surface area contributed by atoms with E-state index in [1.807, 2.05) is 19.1 Å². The molecular weight excluding hydrogens is 176 g/mol. The van der Waals surface area contributed by atoms with E-state index in [-0.39, 0.29) is 0 Å². The molecule has 4 heteroatoms. The van der Waals surface area contributed by atoms with Crippen LogP contribution >= 0.6 is 0 Å². The molecule has 1 aromatic rings. The van der Waals surface area contributed by atoms with E-state index in [1.54, 1.807) is 0 Å². The van der Waals surface area contributed by atoms with Gasteiger partial charge in [-0.05, 0) is 33.6 Å². The van der Waals surface area contributed by atoms with Crippen molar-refractivity contribution in [3.63, 3.8) is 0 Å². The Morgan fingerprint density at radius 2 is 2.29 bits per heavy atom. The SMILES string of the molecule is C=Nc1[nH]c(NC(C)C)nc1/C=C\C. The highest BCUT2D eigenvalue weighted by atomic mass is 15.2. The summed E-state index contributed by atoms with van der Waals surface area (Å²) >= 11 is 0. The second-order valence-electron chi connectivity index (χ2n) is 3.28. The molecule has 2 N–H and O–H groups in total. The maximum absolute atomic E-state index is 4.32. The molecule has 0 spiro atoms. The Balaban J connectivity index is 2.94. The van der Waals surface area contributed by atoms with Gasteiger partial charge in [0.15, 0.2) is 5.82 Å². The van der Waals surface area contributed by atoms with Crippen molar-refractivity contribution in [2.45, 2.75) is 26.8 Å². The average Bonchev–Trinajstić information content (AvgIpc) is 2.47. The second-order valence-corrected chi connectivity index (χ2v) is 3.28. The molecule has 0 fully saturated rings. The van der Waals surface area contributed by atoms with Crippen LogP contribution in [0.4, 0.5) is 11.8 Å². The van der Waals surface area contributed by atoms with Gasteiger partial charge in [0.05, 0.1) is 0 Å². The van der Waals surface area contributed by atoms with Gasteiger partial charge in [-0.2, -0.15) is 0 Å². The minimum Gasteiger partial charge on any atom is -0.354 e. The molecular formula is C10H16N4. The number of nitrogens with zero attached hydrogens (tertiary/aromatic N) is 2. The molecule has 0 atom stereocenters. The summed E-state index contributed by atoms with van der Waals surface area (Å²) < 4.78 is 0. The monoisotopic (exact) mass is 192 g/mol. The van der Waals surface area contributed by atoms with Crippen molar-refractivity contribution in [1.82, 2.24) is 9.97 Å². The highest BCUT2D eigenvalue weighted by molar-refractivity contribution is 5.62. The molecule has 0 unspecified atom stereocenters. The Labute approximate surface area is 84.2 Å². The lowest BCUT2D eigenvalue weighted by Crippen LogP contribution is -2.10. The highest BCUT2D eigenvalue weighted by Crippen LogP contribution is 2.19. The van der Waals surface area contributed by atoms with Gasteiger partial charge in [0, 0.05) is 6.04 Å². The molecule has 0 bridgehead atoms. The third-order valence-electron chi connectivity index (χ3n) is 1.62. The number of anilines is 1. The number of allylic oxidation sites excluding steroid dienone is 1. The van der Waals surface area contributed by atoms with Crippen molar-refractivity contribution >= 4 is 24.6 Å². The summed E-state index contributed by atoms with van der Waals surface area (Å²) in [7, 11) is 0. The first-order valence-electron chi connectivity index (χ1n) is 4.63. The molecule has 0 aromatic carbocycles. The Kier molecular flexibility index (Phi) is 3.45. The lowest BCUT2D eigenvalue weighted by Gasteiger charge is -2.04. The quantitative estimate of drug-likeness (QED) is 0.720. The summed E-state index contributed by atoms with van der Waals surface area (Å²) in [6.07, 6.45) is 3.82. The first-order chi connectivity index (χ1) is 6.67. The first kappa shape index (κ1) is 10.5. The first-order valence-corrected chi connectivity index (χ1v) is 4.63. The molecule has 76 valence electrons. The van der Waals surface area contributed by atoms with Crippen molar-refractivity contribution in [3.05, 3.63) is 11.8 Å². The maximum Gasteiger partial charge on any atom is 0.202 e. The summed E-state index contributed by atoms with van der Waals surface area (Å²) in [6.45, 7) is 9.53. The number of imidazole rings is 1. The van der Waals surface area contributed by atoms with Gasteiger partial charge in [0.1, 0.15) is 5.69 Å². The molecule has 0 amide bonds. The smallest absolute Gasteiger partial charge is 0.202 e. The van der Waals surface area contributed by atoms with Crippen LogP contribution in [0.2, 0.25) is 0 Å². The van der Waals surface area contributed by atoms with Crippen molar-refractivity contribution in [3.8, 4) is 0 Å². The van der Waals surface area contributed by atoms with Crippen molar-refractivity contribution in [2.75, 3.05) is 5.32 Å². The molecule has 1 rings (SSSR count). The van der Waals surface area contributed by atoms with E-state index >= 15 is 0 Å². The predicted molar refractivity (Wildman–Crippen MR) is 61.3 cm³/mol. The molecule has 0 radical (unpaired) electrons. The fraction of sp³-hybridized carbons (Fsp3) is 0.400. The van der Waals surface area contributed by atoms with Gasteiger partial charge in [0.2, 0.25) is 5.95 Å². The Morgan fingerprint density at radius 3 is 2.79 bits per heavy atom. The summed E-state index contributed by atoms with van der Waals surface area (Å²) in [5.74, 6) is 1.43. The maximum atomic E-state index is 4.32. The van der Waals surface area contributed by atoms with Crippen LogP contribution < -0.4 is 5.32 Å². The second kappa shape index (κ2) is 4.60. The fourth-order valence-electron chi connectivity index (χ4n) is 1.11. The molecule has 0 saturated heterocycles. The summed E-state index contributed by atoms with van der Waals surface area (Å²) in [6, 6.07) is 0.345. The van der Waals surface area contributed by atoms with Gasteiger partial charge in [-0.3, -0.25) is 0 Å². The van der Waals surface area contributed by atoms with Crippen LogP contribution in [-0.4, -0.2) is 22.7 Å². The Hall–Kier alpha value is -1.58. The fourth-order valence-corrected chi connectivity index (χ4v) is 1.11. The molecule has 0 aliphatic rings. The van der Waals surface area contributed by atoms with Crippen LogP contribution in [0.1, 0.15) is 26.5 Å². The number of aromatic nitrogens is 2. The number of H-pyrrole nitrogens is 1. The lowest BCUT2D eigenvalue weighted by atomic mass is 10.4. The third kappa shape index (κ3) is 2.45.